The van der Waals surface area contributed by atoms with Gasteiger partial charge in [-0.1, -0.05) is 17.7 Å². The molecule has 0 radical (unpaired) electrons. The maximum Gasteiger partial charge on any atom is 0.129 e. The van der Waals surface area contributed by atoms with Crippen LogP contribution in [0.4, 0.5) is 5.82 Å². The Morgan fingerprint density at radius 1 is 1.11 bits per heavy atom. The molecule has 1 saturated heterocycles. The highest BCUT2D eigenvalue weighted by atomic mass is 15.2. The monoisotopic (exact) mass is 241 g/mol. The number of aromatic nitrogens is 1. The molecule has 2 aromatic rings. The van der Waals surface area contributed by atoms with Crippen LogP contribution in [-0.2, 0) is 0 Å². The van der Waals surface area contributed by atoms with Gasteiger partial charge in [0, 0.05) is 37.8 Å². The molecule has 1 aromatic carbocycles. The molecule has 1 aliphatic heterocycles. The van der Waals surface area contributed by atoms with Gasteiger partial charge in [-0.2, -0.15) is 0 Å². The number of benzene rings is 1. The summed E-state index contributed by atoms with van der Waals surface area (Å²) in [7, 11) is 0. The standard InChI is InChI=1S/C15H19N3/c1-11-7-12(2)14-10-17-15(9-13(14)8-11)18-5-3-16-4-6-18/h7-10,16H,3-6H2,1-2H3. The molecule has 2 heterocycles. The van der Waals surface area contributed by atoms with Crippen LogP contribution in [0.15, 0.2) is 24.4 Å². The topological polar surface area (TPSA) is 28.2 Å². The molecule has 0 spiro atoms. The fraction of sp³-hybridized carbons (Fsp3) is 0.400. The van der Waals surface area contributed by atoms with Crippen molar-refractivity contribution in [3.05, 3.63) is 35.5 Å². The molecule has 18 heavy (non-hydrogen) atoms. The van der Waals surface area contributed by atoms with Crippen molar-refractivity contribution < 1.29 is 0 Å². The summed E-state index contributed by atoms with van der Waals surface area (Å²) in [6, 6.07) is 6.69. The van der Waals surface area contributed by atoms with Crippen molar-refractivity contribution in [3.63, 3.8) is 0 Å². The molecule has 1 N–H and O–H groups in total. The molecule has 1 aliphatic rings. The van der Waals surface area contributed by atoms with E-state index in [1.165, 1.54) is 21.9 Å². The number of anilines is 1. The van der Waals surface area contributed by atoms with Gasteiger partial charge in [0.05, 0.1) is 0 Å². The second kappa shape index (κ2) is 4.58. The number of rotatable bonds is 1. The molecule has 0 unspecified atom stereocenters. The van der Waals surface area contributed by atoms with E-state index in [-0.39, 0.29) is 0 Å². The van der Waals surface area contributed by atoms with E-state index < -0.39 is 0 Å². The summed E-state index contributed by atoms with van der Waals surface area (Å²) in [5, 5.41) is 5.94. The zero-order valence-corrected chi connectivity index (χ0v) is 11.0. The number of nitrogens with zero attached hydrogens (tertiary/aromatic N) is 2. The van der Waals surface area contributed by atoms with Crippen molar-refractivity contribution >= 4 is 16.6 Å². The summed E-state index contributed by atoms with van der Waals surface area (Å²) in [6.07, 6.45) is 2.02. The minimum absolute atomic E-state index is 1.04. The third-order valence-corrected chi connectivity index (χ3v) is 3.61. The number of hydrogen-bond donors (Lipinski definition) is 1. The summed E-state index contributed by atoms with van der Waals surface area (Å²) < 4.78 is 0. The van der Waals surface area contributed by atoms with Crippen LogP contribution in [0, 0.1) is 13.8 Å². The van der Waals surface area contributed by atoms with E-state index in [9.17, 15) is 0 Å². The van der Waals surface area contributed by atoms with Gasteiger partial charge >= 0.3 is 0 Å². The van der Waals surface area contributed by atoms with Gasteiger partial charge < -0.3 is 10.2 Å². The van der Waals surface area contributed by atoms with E-state index in [2.05, 4.69) is 47.2 Å². The van der Waals surface area contributed by atoms with E-state index >= 15 is 0 Å². The van der Waals surface area contributed by atoms with Gasteiger partial charge in [0.2, 0.25) is 0 Å². The van der Waals surface area contributed by atoms with Gasteiger partial charge in [0.1, 0.15) is 5.82 Å². The highest BCUT2D eigenvalue weighted by Crippen LogP contribution is 2.23. The Labute approximate surface area is 108 Å². The Hall–Kier alpha value is -1.61. The largest absolute Gasteiger partial charge is 0.354 e. The highest BCUT2D eigenvalue weighted by Gasteiger charge is 2.12. The molecule has 3 rings (SSSR count). The van der Waals surface area contributed by atoms with Crippen molar-refractivity contribution in [2.75, 3.05) is 31.1 Å². The van der Waals surface area contributed by atoms with Gasteiger partial charge in [-0.25, -0.2) is 4.98 Å². The summed E-state index contributed by atoms with van der Waals surface area (Å²) >= 11 is 0. The average Bonchev–Trinajstić information content (AvgIpc) is 2.39. The average molecular weight is 241 g/mol. The van der Waals surface area contributed by atoms with Crippen molar-refractivity contribution in [1.82, 2.24) is 10.3 Å². The van der Waals surface area contributed by atoms with Gasteiger partial charge in [-0.3, -0.25) is 0 Å². The zero-order chi connectivity index (χ0) is 12.5. The molecule has 1 fully saturated rings. The van der Waals surface area contributed by atoms with Crippen LogP contribution < -0.4 is 10.2 Å². The number of piperazine rings is 1. The van der Waals surface area contributed by atoms with Crippen LogP contribution in [-0.4, -0.2) is 31.2 Å². The van der Waals surface area contributed by atoms with Crippen LogP contribution in [0.2, 0.25) is 0 Å². The number of aryl methyl sites for hydroxylation is 2. The maximum atomic E-state index is 4.62. The van der Waals surface area contributed by atoms with Crippen molar-refractivity contribution in [3.8, 4) is 0 Å². The summed E-state index contributed by atoms with van der Waals surface area (Å²) in [6.45, 7) is 8.49. The first-order valence-corrected chi connectivity index (χ1v) is 6.57. The lowest BCUT2D eigenvalue weighted by Gasteiger charge is -2.28. The number of nitrogens with one attached hydrogen (secondary N) is 1. The molecule has 0 aliphatic carbocycles. The van der Waals surface area contributed by atoms with Crippen molar-refractivity contribution in [1.29, 1.82) is 0 Å². The Kier molecular flexibility index (Phi) is 2.92. The first-order valence-electron chi connectivity index (χ1n) is 6.57. The molecule has 0 atom stereocenters. The van der Waals surface area contributed by atoms with Gasteiger partial charge in [0.15, 0.2) is 0 Å². The smallest absolute Gasteiger partial charge is 0.129 e. The molecule has 94 valence electrons. The van der Waals surface area contributed by atoms with E-state index in [1.807, 2.05) is 6.20 Å². The number of hydrogen-bond acceptors (Lipinski definition) is 3. The normalized spacial score (nSPS) is 16.2. The molecule has 0 saturated carbocycles. The predicted octanol–water partition coefficient (Wildman–Crippen LogP) is 2.26. The van der Waals surface area contributed by atoms with Crippen LogP contribution in [0.3, 0.4) is 0 Å². The fourth-order valence-electron chi connectivity index (χ4n) is 2.68. The molecule has 0 amide bonds. The third kappa shape index (κ3) is 2.06. The molecular formula is C15H19N3. The molecular weight excluding hydrogens is 222 g/mol. The molecule has 3 nitrogen and oxygen atoms in total. The Balaban J connectivity index is 2.04. The van der Waals surface area contributed by atoms with E-state index in [4.69, 9.17) is 0 Å². The minimum Gasteiger partial charge on any atom is -0.354 e. The first kappa shape index (κ1) is 11.5. The lowest BCUT2D eigenvalue weighted by atomic mass is 10.0. The molecule has 0 bridgehead atoms. The lowest BCUT2D eigenvalue weighted by Crippen LogP contribution is -2.43. The lowest BCUT2D eigenvalue weighted by molar-refractivity contribution is 0.585. The zero-order valence-electron chi connectivity index (χ0n) is 11.0. The summed E-state index contributed by atoms with van der Waals surface area (Å²) in [5.41, 5.74) is 2.63. The predicted molar refractivity (Wildman–Crippen MR) is 76.3 cm³/mol. The van der Waals surface area contributed by atoms with Crippen LogP contribution >= 0.6 is 0 Å². The molecule has 3 heteroatoms. The maximum absolute atomic E-state index is 4.62. The Bertz CT molecular complexity index is 571. The van der Waals surface area contributed by atoms with Gasteiger partial charge in [0.25, 0.3) is 0 Å². The van der Waals surface area contributed by atoms with Gasteiger partial charge in [-0.05, 0) is 30.9 Å². The Morgan fingerprint density at radius 2 is 1.89 bits per heavy atom. The second-order valence-electron chi connectivity index (χ2n) is 5.08. The van der Waals surface area contributed by atoms with Crippen molar-refractivity contribution in [2.24, 2.45) is 0 Å². The number of fused-ring (bicyclic) bond motifs is 1. The summed E-state index contributed by atoms with van der Waals surface area (Å²) in [4.78, 5) is 6.97. The van der Waals surface area contributed by atoms with E-state index in [1.54, 1.807) is 0 Å². The van der Waals surface area contributed by atoms with Crippen LogP contribution in [0.5, 0.6) is 0 Å². The SMILES string of the molecule is Cc1cc(C)c2cnc(N3CCNCC3)cc2c1. The van der Waals surface area contributed by atoms with Crippen LogP contribution in [0.25, 0.3) is 10.8 Å². The fourth-order valence-corrected chi connectivity index (χ4v) is 2.68. The molecule has 1 aromatic heterocycles. The highest BCUT2D eigenvalue weighted by molar-refractivity contribution is 5.87. The first-order chi connectivity index (χ1) is 8.74. The number of pyridine rings is 1. The minimum atomic E-state index is 1.04. The Morgan fingerprint density at radius 3 is 2.67 bits per heavy atom. The summed E-state index contributed by atoms with van der Waals surface area (Å²) in [5.74, 6) is 1.11. The quantitative estimate of drug-likeness (QED) is 0.830. The second-order valence-corrected chi connectivity index (χ2v) is 5.08. The van der Waals surface area contributed by atoms with Crippen molar-refractivity contribution in [2.45, 2.75) is 13.8 Å². The van der Waals surface area contributed by atoms with Crippen LogP contribution in [0.1, 0.15) is 11.1 Å². The van der Waals surface area contributed by atoms with E-state index in [0.717, 1.165) is 32.0 Å². The third-order valence-electron chi connectivity index (χ3n) is 3.61. The van der Waals surface area contributed by atoms with Gasteiger partial charge in [-0.15, -0.1) is 0 Å². The van der Waals surface area contributed by atoms with E-state index in [0.29, 0.717) is 0 Å².